The Bertz CT molecular complexity index is 322. The van der Waals surface area contributed by atoms with Gasteiger partial charge < -0.3 is 4.74 Å². The Labute approximate surface area is 106 Å². The summed E-state index contributed by atoms with van der Waals surface area (Å²) >= 11 is 2.10. The maximum atomic E-state index is 11.5. The fraction of sp³-hybridized carbons (Fsp3) is 0.909. The van der Waals surface area contributed by atoms with Crippen LogP contribution in [0.5, 0.6) is 0 Å². The van der Waals surface area contributed by atoms with Gasteiger partial charge in [0.1, 0.15) is 0 Å². The van der Waals surface area contributed by atoms with Crippen molar-refractivity contribution in [2.75, 3.05) is 21.7 Å². The monoisotopic (exact) mass is 340 g/mol. The lowest BCUT2D eigenvalue weighted by molar-refractivity contribution is -0.145. The van der Waals surface area contributed by atoms with Gasteiger partial charge in [0, 0.05) is 5.75 Å². The van der Waals surface area contributed by atoms with Gasteiger partial charge in [0.05, 0.1) is 4.43 Å². The first kappa shape index (κ1) is 10.7. The Morgan fingerprint density at radius 1 is 1.60 bits per heavy atom. The van der Waals surface area contributed by atoms with E-state index in [0.29, 0.717) is 4.43 Å². The van der Waals surface area contributed by atoms with E-state index in [-0.39, 0.29) is 10.9 Å². The second-order valence-corrected chi connectivity index (χ2v) is 10.0. The normalized spacial score (nSPS) is 55.3. The Hall–Kier alpha value is 0.550. The molecule has 15 heavy (non-hydrogen) atoms. The van der Waals surface area contributed by atoms with Crippen molar-refractivity contribution in [1.82, 2.24) is 0 Å². The highest BCUT2D eigenvalue weighted by atomic mass is 127. The number of hydrogen-bond donors (Lipinski definition) is 0. The van der Waals surface area contributed by atoms with Gasteiger partial charge in [-0.1, -0.05) is 29.5 Å². The number of halogens is 1. The summed E-state index contributed by atoms with van der Waals surface area (Å²) in [5.74, 6) is 5.79. The summed E-state index contributed by atoms with van der Waals surface area (Å²) in [5.41, 5.74) is 0. The van der Waals surface area contributed by atoms with Crippen LogP contribution in [0.15, 0.2) is 0 Å². The summed E-state index contributed by atoms with van der Waals surface area (Å²) in [7, 11) is -0.500. The van der Waals surface area contributed by atoms with Gasteiger partial charge in [-0.25, -0.2) is 0 Å². The van der Waals surface area contributed by atoms with Crippen LogP contribution in [0.4, 0.5) is 0 Å². The quantitative estimate of drug-likeness (QED) is 0.334. The maximum Gasteiger partial charge on any atom is 0.317 e. The molecule has 0 saturated carbocycles. The fourth-order valence-electron chi connectivity index (χ4n) is 3.79. The standard InChI is InChI=1S/C11H17IO2S/c1-8-2-9-3-11(14-10(13)4-12)7-15(11,5-8)6-9/h8-9H,2-7H2,1H3. The molecule has 4 unspecified atom stereocenters. The molecule has 1 spiro atoms. The number of fused-ring (bicyclic) bond motifs is 1. The van der Waals surface area contributed by atoms with E-state index in [9.17, 15) is 4.79 Å². The van der Waals surface area contributed by atoms with Gasteiger partial charge in [-0.15, -0.1) is 0 Å². The third kappa shape index (κ3) is 1.47. The average molecular weight is 340 g/mol. The molecule has 86 valence electrons. The summed E-state index contributed by atoms with van der Waals surface area (Å²) in [4.78, 5) is 11.5. The Morgan fingerprint density at radius 2 is 2.40 bits per heavy atom. The zero-order valence-electron chi connectivity index (χ0n) is 9.00. The Kier molecular flexibility index (Phi) is 2.34. The summed E-state index contributed by atoms with van der Waals surface area (Å²) in [6.07, 6.45) is 2.56. The van der Waals surface area contributed by atoms with Crippen molar-refractivity contribution in [1.29, 1.82) is 0 Å². The molecule has 3 rings (SSSR count). The summed E-state index contributed by atoms with van der Waals surface area (Å²) in [6.45, 7) is 2.37. The minimum Gasteiger partial charge on any atom is -0.448 e. The van der Waals surface area contributed by atoms with E-state index in [1.807, 2.05) is 0 Å². The van der Waals surface area contributed by atoms with Gasteiger partial charge in [-0.2, -0.15) is 10.0 Å². The van der Waals surface area contributed by atoms with Crippen molar-refractivity contribution in [3.63, 3.8) is 0 Å². The average Bonchev–Trinajstić information content (AvgIpc) is 2.61. The topological polar surface area (TPSA) is 26.3 Å². The first-order chi connectivity index (χ1) is 7.09. The smallest absolute Gasteiger partial charge is 0.317 e. The molecule has 0 N–H and O–H groups in total. The van der Waals surface area contributed by atoms with E-state index >= 15 is 0 Å². The van der Waals surface area contributed by atoms with E-state index in [0.717, 1.165) is 11.8 Å². The van der Waals surface area contributed by atoms with Crippen LogP contribution in [0.1, 0.15) is 19.8 Å². The van der Waals surface area contributed by atoms with Gasteiger partial charge in [0.2, 0.25) is 0 Å². The van der Waals surface area contributed by atoms with Crippen LogP contribution in [-0.2, 0) is 9.53 Å². The Balaban J connectivity index is 1.78. The van der Waals surface area contributed by atoms with Gasteiger partial charge in [-0.05, 0) is 36.2 Å². The highest BCUT2D eigenvalue weighted by Crippen LogP contribution is 2.85. The van der Waals surface area contributed by atoms with Crippen LogP contribution >= 0.6 is 32.6 Å². The van der Waals surface area contributed by atoms with E-state index in [4.69, 9.17) is 4.74 Å². The van der Waals surface area contributed by atoms with E-state index in [1.165, 1.54) is 30.1 Å². The number of carbonyl (C=O) groups is 1. The van der Waals surface area contributed by atoms with Crippen LogP contribution in [0.3, 0.4) is 0 Å². The molecule has 0 radical (unpaired) electrons. The molecule has 3 saturated heterocycles. The van der Waals surface area contributed by atoms with Crippen molar-refractivity contribution in [2.24, 2.45) is 11.8 Å². The highest BCUT2D eigenvalue weighted by Gasteiger charge is 2.72. The second kappa shape index (κ2) is 3.28. The molecule has 2 bridgehead atoms. The molecule has 4 heteroatoms. The number of hydrogen-bond acceptors (Lipinski definition) is 2. The predicted octanol–water partition coefficient (Wildman–Crippen LogP) is 2.54. The molecule has 0 aromatic rings. The molecule has 3 aliphatic rings. The number of ether oxygens (including phenoxy) is 1. The third-order valence-electron chi connectivity index (χ3n) is 4.10. The number of alkyl halides is 1. The highest BCUT2D eigenvalue weighted by molar-refractivity contribution is 14.1. The van der Waals surface area contributed by atoms with Gasteiger partial charge in [0.25, 0.3) is 0 Å². The van der Waals surface area contributed by atoms with Crippen LogP contribution in [0.25, 0.3) is 0 Å². The lowest BCUT2D eigenvalue weighted by Gasteiger charge is -2.31. The SMILES string of the molecule is CC1CC2CC3(OC(=O)CI)CS3(C1)C2. The lowest BCUT2D eigenvalue weighted by atomic mass is 9.94. The number of esters is 1. The number of rotatable bonds is 2. The molecule has 3 fully saturated rings. The zero-order chi connectivity index (χ0) is 10.7. The molecule has 0 aliphatic carbocycles. The molecule has 0 amide bonds. The van der Waals surface area contributed by atoms with Crippen molar-refractivity contribution >= 4 is 38.6 Å². The van der Waals surface area contributed by atoms with Crippen LogP contribution in [-0.4, -0.2) is 32.6 Å². The molecule has 0 aromatic carbocycles. The first-order valence-electron chi connectivity index (χ1n) is 5.63. The number of carbonyl (C=O) groups excluding carboxylic acids is 1. The molecular weight excluding hydrogens is 323 g/mol. The summed E-state index contributed by atoms with van der Waals surface area (Å²) in [6, 6.07) is 0. The van der Waals surface area contributed by atoms with Crippen LogP contribution in [0, 0.1) is 11.8 Å². The van der Waals surface area contributed by atoms with Crippen LogP contribution < -0.4 is 0 Å². The Morgan fingerprint density at radius 3 is 3.13 bits per heavy atom. The van der Waals surface area contributed by atoms with Crippen molar-refractivity contribution in [3.8, 4) is 0 Å². The van der Waals surface area contributed by atoms with E-state index in [2.05, 4.69) is 29.5 Å². The molecule has 3 aliphatic heterocycles. The fourth-order valence-corrected chi connectivity index (χ4v) is 9.63. The lowest BCUT2D eigenvalue weighted by Crippen LogP contribution is -2.21. The van der Waals surface area contributed by atoms with E-state index in [1.54, 1.807) is 0 Å². The molecule has 3 heterocycles. The molecule has 4 atom stereocenters. The minimum absolute atomic E-state index is 0.0141. The maximum absolute atomic E-state index is 11.5. The minimum atomic E-state index is -0.500. The summed E-state index contributed by atoms with van der Waals surface area (Å²) in [5, 5.41) is 0. The van der Waals surface area contributed by atoms with Crippen molar-refractivity contribution in [3.05, 3.63) is 0 Å². The van der Waals surface area contributed by atoms with Gasteiger partial charge in [0.15, 0.2) is 4.93 Å². The molecular formula is C11H17IO2S. The van der Waals surface area contributed by atoms with Crippen molar-refractivity contribution < 1.29 is 9.53 Å². The predicted molar refractivity (Wildman–Crippen MR) is 71.8 cm³/mol. The third-order valence-corrected chi connectivity index (χ3v) is 9.68. The largest absolute Gasteiger partial charge is 0.448 e. The second-order valence-electron chi connectivity index (χ2n) is 5.45. The first-order valence-corrected chi connectivity index (χ1v) is 9.29. The van der Waals surface area contributed by atoms with Crippen LogP contribution in [0.2, 0.25) is 0 Å². The van der Waals surface area contributed by atoms with Crippen molar-refractivity contribution in [2.45, 2.75) is 24.7 Å². The van der Waals surface area contributed by atoms with Gasteiger partial charge >= 0.3 is 5.97 Å². The molecule has 2 nitrogen and oxygen atoms in total. The van der Waals surface area contributed by atoms with Gasteiger partial charge in [-0.3, -0.25) is 4.79 Å². The summed E-state index contributed by atoms with van der Waals surface area (Å²) < 4.78 is 6.27. The van der Waals surface area contributed by atoms with E-state index < -0.39 is 10.0 Å². The molecule has 0 aromatic heterocycles. The zero-order valence-corrected chi connectivity index (χ0v) is 12.0.